The summed E-state index contributed by atoms with van der Waals surface area (Å²) >= 11 is 1.41. The second kappa shape index (κ2) is 5.30. The maximum Gasteiger partial charge on any atom is 0.265 e. The number of fused-ring (bicyclic) bond motifs is 1. The van der Waals surface area contributed by atoms with E-state index in [2.05, 4.69) is 10.3 Å². The minimum Gasteiger partial charge on any atom is -0.494 e. The molecule has 20 heavy (non-hydrogen) atoms. The van der Waals surface area contributed by atoms with Gasteiger partial charge in [-0.05, 0) is 35.7 Å². The summed E-state index contributed by atoms with van der Waals surface area (Å²) in [5.41, 5.74) is 1.46. The van der Waals surface area contributed by atoms with Crippen molar-refractivity contribution in [1.82, 2.24) is 4.98 Å². The smallest absolute Gasteiger partial charge is 0.265 e. The molecule has 0 aliphatic rings. The van der Waals surface area contributed by atoms with Crippen LogP contribution in [-0.2, 0) is 0 Å². The lowest BCUT2D eigenvalue weighted by Crippen LogP contribution is -2.10. The quantitative estimate of drug-likeness (QED) is 0.800. The minimum absolute atomic E-state index is 0.115. The molecule has 1 N–H and O–H groups in total. The van der Waals surface area contributed by atoms with Gasteiger partial charge in [-0.3, -0.25) is 9.78 Å². The van der Waals surface area contributed by atoms with Gasteiger partial charge >= 0.3 is 0 Å². The van der Waals surface area contributed by atoms with Crippen molar-refractivity contribution in [3.05, 3.63) is 52.9 Å². The highest BCUT2D eigenvalue weighted by molar-refractivity contribution is 7.12. The number of ether oxygens (including phenoxy) is 1. The Morgan fingerprint density at radius 1 is 1.25 bits per heavy atom. The molecule has 0 bridgehead atoms. The Kier molecular flexibility index (Phi) is 3.35. The fourth-order valence-corrected chi connectivity index (χ4v) is 2.63. The van der Waals surface area contributed by atoms with Crippen LogP contribution in [0.4, 0.5) is 5.69 Å². The second-order valence-corrected chi connectivity index (χ2v) is 5.09. The molecule has 0 aliphatic carbocycles. The predicted molar refractivity (Wildman–Crippen MR) is 80.6 cm³/mol. The Labute approximate surface area is 120 Å². The lowest BCUT2D eigenvalue weighted by Gasteiger charge is -2.10. The molecular formula is C15H12N2O2S. The SMILES string of the molecule is COc1ccc(NC(=O)c2cccs2)c2cccnc12. The van der Waals surface area contributed by atoms with Gasteiger partial charge < -0.3 is 10.1 Å². The summed E-state index contributed by atoms with van der Waals surface area (Å²) in [7, 11) is 1.60. The van der Waals surface area contributed by atoms with Crippen molar-refractivity contribution in [2.24, 2.45) is 0 Å². The van der Waals surface area contributed by atoms with Gasteiger partial charge in [0.15, 0.2) is 0 Å². The molecule has 0 aliphatic heterocycles. The van der Waals surface area contributed by atoms with Crippen molar-refractivity contribution in [3.63, 3.8) is 0 Å². The van der Waals surface area contributed by atoms with Crippen LogP contribution >= 0.6 is 11.3 Å². The van der Waals surface area contributed by atoms with E-state index in [1.54, 1.807) is 25.4 Å². The molecule has 0 unspecified atom stereocenters. The first-order chi connectivity index (χ1) is 9.79. The maximum absolute atomic E-state index is 12.1. The van der Waals surface area contributed by atoms with Gasteiger partial charge in [-0.2, -0.15) is 0 Å². The van der Waals surface area contributed by atoms with E-state index in [9.17, 15) is 4.79 Å². The van der Waals surface area contributed by atoms with Crippen LogP contribution in [0.5, 0.6) is 5.75 Å². The van der Waals surface area contributed by atoms with Gasteiger partial charge in [-0.15, -0.1) is 11.3 Å². The average molecular weight is 284 g/mol. The largest absolute Gasteiger partial charge is 0.494 e. The van der Waals surface area contributed by atoms with E-state index in [0.717, 1.165) is 16.6 Å². The summed E-state index contributed by atoms with van der Waals surface area (Å²) in [6.07, 6.45) is 1.70. The molecule has 2 heterocycles. The highest BCUT2D eigenvalue weighted by atomic mass is 32.1. The summed E-state index contributed by atoms with van der Waals surface area (Å²) < 4.78 is 5.29. The topological polar surface area (TPSA) is 51.2 Å². The summed E-state index contributed by atoms with van der Waals surface area (Å²) in [6, 6.07) is 11.0. The number of hydrogen-bond acceptors (Lipinski definition) is 4. The van der Waals surface area contributed by atoms with Gasteiger partial charge in [0.25, 0.3) is 5.91 Å². The highest BCUT2D eigenvalue weighted by Crippen LogP contribution is 2.30. The van der Waals surface area contributed by atoms with Crippen molar-refractivity contribution >= 4 is 33.8 Å². The second-order valence-electron chi connectivity index (χ2n) is 4.15. The van der Waals surface area contributed by atoms with Crippen LogP contribution in [0, 0.1) is 0 Å². The molecule has 0 saturated carbocycles. The number of rotatable bonds is 3. The molecule has 5 heteroatoms. The third-order valence-corrected chi connectivity index (χ3v) is 3.81. The lowest BCUT2D eigenvalue weighted by molar-refractivity contribution is 0.103. The number of carbonyl (C=O) groups excluding carboxylic acids is 1. The Hall–Kier alpha value is -2.40. The van der Waals surface area contributed by atoms with Crippen molar-refractivity contribution in [3.8, 4) is 5.75 Å². The van der Waals surface area contributed by atoms with Gasteiger partial charge in [0.1, 0.15) is 11.3 Å². The zero-order valence-corrected chi connectivity index (χ0v) is 11.6. The minimum atomic E-state index is -0.115. The molecule has 0 radical (unpaired) electrons. The maximum atomic E-state index is 12.1. The number of methoxy groups -OCH3 is 1. The zero-order valence-electron chi connectivity index (χ0n) is 10.8. The first kappa shape index (κ1) is 12.6. The molecule has 1 aromatic carbocycles. The van der Waals surface area contributed by atoms with E-state index < -0.39 is 0 Å². The number of amides is 1. The van der Waals surface area contributed by atoms with Gasteiger partial charge in [-0.1, -0.05) is 6.07 Å². The van der Waals surface area contributed by atoms with Crippen LogP contribution in [0.2, 0.25) is 0 Å². The van der Waals surface area contributed by atoms with E-state index in [1.807, 2.05) is 29.6 Å². The lowest BCUT2D eigenvalue weighted by atomic mass is 10.1. The van der Waals surface area contributed by atoms with Gasteiger partial charge in [0.2, 0.25) is 0 Å². The number of anilines is 1. The van der Waals surface area contributed by atoms with Crippen molar-refractivity contribution < 1.29 is 9.53 Å². The molecule has 1 amide bonds. The fourth-order valence-electron chi connectivity index (χ4n) is 2.01. The molecule has 0 atom stereocenters. The third kappa shape index (κ3) is 2.23. The standard InChI is InChI=1S/C15H12N2O2S/c1-19-12-7-6-11(10-4-2-8-16-14(10)12)17-15(18)13-5-3-9-20-13/h2-9H,1H3,(H,17,18). The molecular weight excluding hydrogens is 272 g/mol. The number of hydrogen-bond donors (Lipinski definition) is 1. The molecule has 0 fully saturated rings. The summed E-state index contributed by atoms with van der Waals surface area (Å²) in [5.74, 6) is 0.574. The van der Waals surface area contributed by atoms with E-state index >= 15 is 0 Å². The summed E-state index contributed by atoms with van der Waals surface area (Å²) in [6.45, 7) is 0. The van der Waals surface area contributed by atoms with Crippen molar-refractivity contribution in [2.45, 2.75) is 0 Å². The normalized spacial score (nSPS) is 10.4. The highest BCUT2D eigenvalue weighted by Gasteiger charge is 2.11. The number of nitrogens with one attached hydrogen (secondary N) is 1. The van der Waals surface area contributed by atoms with Crippen LogP contribution in [0.15, 0.2) is 48.0 Å². The van der Waals surface area contributed by atoms with Crippen LogP contribution in [0.3, 0.4) is 0 Å². The van der Waals surface area contributed by atoms with Crippen LogP contribution < -0.4 is 10.1 Å². The van der Waals surface area contributed by atoms with E-state index in [-0.39, 0.29) is 5.91 Å². The van der Waals surface area contributed by atoms with Gasteiger partial charge in [-0.25, -0.2) is 0 Å². The van der Waals surface area contributed by atoms with Gasteiger partial charge in [0, 0.05) is 11.6 Å². The van der Waals surface area contributed by atoms with Crippen LogP contribution in [-0.4, -0.2) is 18.0 Å². The van der Waals surface area contributed by atoms with Gasteiger partial charge in [0.05, 0.1) is 17.7 Å². The number of pyridine rings is 1. The number of benzene rings is 1. The van der Waals surface area contributed by atoms with E-state index in [0.29, 0.717) is 10.6 Å². The first-order valence-corrected chi connectivity index (χ1v) is 6.94. The molecule has 3 rings (SSSR count). The molecule has 4 nitrogen and oxygen atoms in total. The number of thiophene rings is 1. The third-order valence-electron chi connectivity index (χ3n) is 2.95. The molecule has 3 aromatic rings. The van der Waals surface area contributed by atoms with Crippen molar-refractivity contribution in [2.75, 3.05) is 12.4 Å². The van der Waals surface area contributed by atoms with Crippen molar-refractivity contribution in [1.29, 1.82) is 0 Å². The number of aromatic nitrogens is 1. The Balaban J connectivity index is 2.02. The molecule has 0 saturated heterocycles. The Morgan fingerprint density at radius 3 is 2.90 bits per heavy atom. The summed E-state index contributed by atoms with van der Waals surface area (Å²) in [4.78, 5) is 17.1. The van der Waals surface area contributed by atoms with E-state index in [4.69, 9.17) is 4.74 Å². The zero-order chi connectivity index (χ0) is 13.9. The Morgan fingerprint density at radius 2 is 2.15 bits per heavy atom. The summed E-state index contributed by atoms with van der Waals surface area (Å²) in [5, 5.41) is 5.65. The molecule has 0 spiro atoms. The average Bonchev–Trinajstić information content (AvgIpc) is 3.02. The monoisotopic (exact) mass is 284 g/mol. The molecule has 100 valence electrons. The predicted octanol–water partition coefficient (Wildman–Crippen LogP) is 3.56. The fraction of sp³-hybridized carbons (Fsp3) is 0.0667. The van der Waals surface area contributed by atoms with E-state index in [1.165, 1.54) is 11.3 Å². The number of carbonyl (C=O) groups is 1. The number of nitrogens with zero attached hydrogens (tertiary/aromatic N) is 1. The van der Waals surface area contributed by atoms with Crippen LogP contribution in [0.1, 0.15) is 9.67 Å². The molecule has 2 aromatic heterocycles. The first-order valence-electron chi connectivity index (χ1n) is 6.06. The van der Waals surface area contributed by atoms with Crippen LogP contribution in [0.25, 0.3) is 10.9 Å². The Bertz CT molecular complexity index is 754.